The summed E-state index contributed by atoms with van der Waals surface area (Å²) in [4.78, 5) is 38.0. The van der Waals surface area contributed by atoms with Crippen molar-refractivity contribution in [3.05, 3.63) is 12.2 Å². The fraction of sp³-hybridized carbons (Fsp3) is 0.909. The third-order valence-electron chi connectivity index (χ3n) is 12.3. The van der Waals surface area contributed by atoms with Crippen LogP contribution in [0, 0.1) is 0 Å². The van der Waals surface area contributed by atoms with E-state index in [1.807, 2.05) is 0 Å². The molecule has 360 valence electrons. The van der Waals surface area contributed by atoms with Crippen LogP contribution in [0.5, 0.6) is 0 Å². The highest BCUT2D eigenvalue weighted by molar-refractivity contribution is 5.71. The van der Waals surface area contributed by atoms with Gasteiger partial charge in [0.1, 0.15) is 13.2 Å². The van der Waals surface area contributed by atoms with Crippen molar-refractivity contribution in [2.24, 2.45) is 0 Å². The summed E-state index contributed by atoms with van der Waals surface area (Å²) in [5, 5.41) is 0. The van der Waals surface area contributed by atoms with Crippen LogP contribution in [0.25, 0.3) is 0 Å². The zero-order valence-electron chi connectivity index (χ0n) is 41.2. The molecule has 0 heterocycles. The Balaban J connectivity index is 4.29. The number of esters is 3. The molecule has 0 aromatic rings. The van der Waals surface area contributed by atoms with Crippen LogP contribution in [-0.4, -0.2) is 37.2 Å². The van der Waals surface area contributed by atoms with E-state index >= 15 is 0 Å². The Bertz CT molecular complexity index is 947. The number of ether oxygens (including phenoxy) is 3. The molecule has 0 saturated carbocycles. The van der Waals surface area contributed by atoms with E-state index in [2.05, 4.69) is 32.9 Å². The summed E-state index contributed by atoms with van der Waals surface area (Å²) in [6, 6.07) is 0. The molecule has 1 atom stereocenters. The van der Waals surface area contributed by atoms with Crippen molar-refractivity contribution in [1.29, 1.82) is 0 Å². The second-order valence-electron chi connectivity index (χ2n) is 18.5. The van der Waals surface area contributed by atoms with E-state index < -0.39 is 6.10 Å². The second-order valence-corrected chi connectivity index (χ2v) is 18.5. The molecule has 0 aliphatic rings. The summed E-state index contributed by atoms with van der Waals surface area (Å²) in [6.45, 7) is 6.67. The highest BCUT2D eigenvalue weighted by Crippen LogP contribution is 2.16. The van der Waals surface area contributed by atoms with E-state index in [1.165, 1.54) is 205 Å². The van der Waals surface area contributed by atoms with Crippen LogP contribution in [0.3, 0.4) is 0 Å². The maximum atomic E-state index is 12.8. The van der Waals surface area contributed by atoms with Crippen molar-refractivity contribution in [1.82, 2.24) is 0 Å². The van der Waals surface area contributed by atoms with Gasteiger partial charge in [0.15, 0.2) is 6.10 Å². The third-order valence-corrected chi connectivity index (χ3v) is 12.3. The van der Waals surface area contributed by atoms with Gasteiger partial charge in [-0.2, -0.15) is 0 Å². The molecule has 0 aliphatic heterocycles. The predicted octanol–water partition coefficient (Wildman–Crippen LogP) is 17.8. The lowest BCUT2D eigenvalue weighted by molar-refractivity contribution is -0.167. The van der Waals surface area contributed by atoms with Crippen molar-refractivity contribution in [3.8, 4) is 0 Å². The van der Waals surface area contributed by atoms with Crippen LogP contribution in [0.2, 0.25) is 0 Å². The molecule has 6 nitrogen and oxygen atoms in total. The van der Waals surface area contributed by atoms with Crippen molar-refractivity contribution in [2.45, 2.75) is 309 Å². The molecule has 0 rings (SSSR count). The molecule has 0 aromatic carbocycles. The fourth-order valence-electron chi connectivity index (χ4n) is 8.14. The molecule has 0 fully saturated rings. The van der Waals surface area contributed by atoms with Crippen molar-refractivity contribution < 1.29 is 28.6 Å². The van der Waals surface area contributed by atoms with Gasteiger partial charge in [-0.3, -0.25) is 14.4 Å². The average Bonchev–Trinajstić information content (AvgIpc) is 3.26. The number of carbonyl (C=O) groups is 3. The summed E-state index contributed by atoms with van der Waals surface area (Å²) in [7, 11) is 0. The first-order valence-corrected chi connectivity index (χ1v) is 27.2. The smallest absolute Gasteiger partial charge is 0.306 e. The van der Waals surface area contributed by atoms with Crippen LogP contribution in [-0.2, 0) is 28.6 Å². The molecule has 0 radical (unpaired) electrons. The van der Waals surface area contributed by atoms with Gasteiger partial charge in [-0.1, -0.05) is 251 Å². The molecule has 0 saturated heterocycles. The normalized spacial score (nSPS) is 12.0. The van der Waals surface area contributed by atoms with Crippen LogP contribution < -0.4 is 0 Å². The lowest BCUT2D eigenvalue weighted by Gasteiger charge is -2.18. The molecule has 0 amide bonds. The molecular formula is C55H104O6. The molecule has 0 aliphatic carbocycles. The Kier molecular flexibility index (Phi) is 49.3. The molecule has 61 heavy (non-hydrogen) atoms. The third kappa shape index (κ3) is 49.0. The minimum atomic E-state index is -0.764. The van der Waals surface area contributed by atoms with E-state index in [-0.39, 0.29) is 31.1 Å². The fourth-order valence-corrected chi connectivity index (χ4v) is 8.14. The Morgan fingerprint density at radius 2 is 0.541 bits per heavy atom. The van der Waals surface area contributed by atoms with Gasteiger partial charge in [0.05, 0.1) is 0 Å². The van der Waals surface area contributed by atoms with Gasteiger partial charge in [0, 0.05) is 19.3 Å². The van der Waals surface area contributed by atoms with Crippen LogP contribution in [0.1, 0.15) is 303 Å². The maximum Gasteiger partial charge on any atom is 0.306 e. The van der Waals surface area contributed by atoms with E-state index in [0.717, 1.165) is 57.8 Å². The number of carbonyl (C=O) groups excluding carboxylic acids is 3. The van der Waals surface area contributed by atoms with Crippen molar-refractivity contribution in [3.63, 3.8) is 0 Å². The highest BCUT2D eigenvalue weighted by atomic mass is 16.6. The minimum absolute atomic E-state index is 0.0658. The van der Waals surface area contributed by atoms with E-state index in [1.54, 1.807) is 0 Å². The molecule has 0 spiro atoms. The summed E-state index contributed by atoms with van der Waals surface area (Å²) in [5.74, 6) is -0.851. The Morgan fingerprint density at radius 1 is 0.311 bits per heavy atom. The first-order chi connectivity index (χ1) is 30.0. The first-order valence-electron chi connectivity index (χ1n) is 27.2. The standard InChI is InChI=1S/C55H104O6/c1-4-7-10-13-16-19-22-25-26-27-28-29-31-33-36-39-42-45-48-54(57)60-51-52(50-59-53(56)47-44-41-38-35-32-24-21-18-15-12-9-6-3)61-55(58)49-46-43-40-37-34-30-23-20-17-14-11-8-5-2/h26-27,52H,4-25,28-51H2,1-3H3/b27-26-. The van der Waals surface area contributed by atoms with Crippen molar-refractivity contribution in [2.75, 3.05) is 13.2 Å². The highest BCUT2D eigenvalue weighted by Gasteiger charge is 2.19. The number of unbranched alkanes of at least 4 members (excludes halogenated alkanes) is 37. The lowest BCUT2D eigenvalue weighted by atomic mass is 10.0. The zero-order chi connectivity index (χ0) is 44.4. The van der Waals surface area contributed by atoms with Gasteiger partial charge >= 0.3 is 17.9 Å². The Labute approximate surface area is 380 Å². The minimum Gasteiger partial charge on any atom is -0.462 e. The van der Waals surface area contributed by atoms with Crippen LogP contribution >= 0.6 is 0 Å². The molecule has 6 heteroatoms. The van der Waals surface area contributed by atoms with Gasteiger partial charge in [-0.25, -0.2) is 0 Å². The van der Waals surface area contributed by atoms with Gasteiger partial charge in [0.25, 0.3) is 0 Å². The second kappa shape index (κ2) is 50.8. The Morgan fingerprint density at radius 3 is 0.820 bits per heavy atom. The number of rotatable bonds is 50. The predicted molar refractivity (Wildman–Crippen MR) is 261 cm³/mol. The molecular weight excluding hydrogens is 757 g/mol. The SMILES string of the molecule is CCCCCCCCC/C=C\CCCCCCCCCC(=O)OCC(COC(=O)CCCCCCCCCCCCCC)OC(=O)CCCCCCCCCCCCCCC. The molecule has 0 aromatic heterocycles. The van der Waals surface area contributed by atoms with Gasteiger partial charge in [-0.05, 0) is 44.9 Å². The number of hydrogen-bond donors (Lipinski definition) is 0. The first kappa shape index (κ1) is 59.1. The van der Waals surface area contributed by atoms with Gasteiger partial charge in [-0.15, -0.1) is 0 Å². The summed E-state index contributed by atoms with van der Waals surface area (Å²) in [5.41, 5.74) is 0. The van der Waals surface area contributed by atoms with Crippen LogP contribution in [0.15, 0.2) is 12.2 Å². The van der Waals surface area contributed by atoms with Crippen molar-refractivity contribution >= 4 is 17.9 Å². The molecule has 0 N–H and O–H groups in total. The Hall–Kier alpha value is -1.85. The monoisotopic (exact) mass is 861 g/mol. The number of allylic oxidation sites excluding steroid dienone is 2. The number of hydrogen-bond acceptors (Lipinski definition) is 6. The zero-order valence-corrected chi connectivity index (χ0v) is 41.2. The quantitative estimate of drug-likeness (QED) is 0.0262. The van der Waals surface area contributed by atoms with E-state index in [0.29, 0.717) is 19.3 Å². The van der Waals surface area contributed by atoms with E-state index in [4.69, 9.17) is 14.2 Å². The summed E-state index contributed by atoms with van der Waals surface area (Å²) < 4.78 is 16.8. The van der Waals surface area contributed by atoms with Gasteiger partial charge < -0.3 is 14.2 Å². The van der Waals surface area contributed by atoms with E-state index in [9.17, 15) is 14.4 Å². The van der Waals surface area contributed by atoms with Gasteiger partial charge in [0.2, 0.25) is 0 Å². The maximum absolute atomic E-state index is 12.8. The topological polar surface area (TPSA) is 78.9 Å². The summed E-state index contributed by atoms with van der Waals surface area (Å²) >= 11 is 0. The molecule has 1 unspecified atom stereocenters. The molecule has 0 bridgehead atoms. The lowest BCUT2D eigenvalue weighted by Crippen LogP contribution is -2.30. The van der Waals surface area contributed by atoms with Crippen LogP contribution in [0.4, 0.5) is 0 Å². The summed E-state index contributed by atoms with van der Waals surface area (Å²) in [6.07, 6.45) is 56.2. The largest absolute Gasteiger partial charge is 0.462 e. The average molecular weight is 861 g/mol.